The van der Waals surface area contributed by atoms with E-state index in [0.29, 0.717) is 5.84 Å². The lowest BCUT2D eigenvalue weighted by atomic mass is 10.1. The van der Waals surface area contributed by atoms with Crippen LogP contribution in [0.5, 0.6) is 0 Å². The highest BCUT2D eigenvalue weighted by atomic mass is 15.0. The van der Waals surface area contributed by atoms with Crippen molar-refractivity contribution < 1.29 is 0 Å². The molecule has 0 atom stereocenters. The molecule has 126 valence electrons. The SMILES string of the molecule is NC(=Nc1cccc(Nc2nccc3ccccc23)c1)c1ccccc1. The molecule has 4 aromatic rings. The first kappa shape index (κ1) is 15.8. The summed E-state index contributed by atoms with van der Waals surface area (Å²) in [6, 6.07) is 27.7. The molecule has 3 aromatic carbocycles. The molecule has 0 radical (unpaired) electrons. The number of hydrogen-bond acceptors (Lipinski definition) is 3. The van der Waals surface area contributed by atoms with E-state index in [0.717, 1.165) is 33.5 Å². The number of benzene rings is 3. The highest BCUT2D eigenvalue weighted by molar-refractivity contribution is 5.99. The van der Waals surface area contributed by atoms with Gasteiger partial charge in [-0.25, -0.2) is 9.98 Å². The number of nitrogens with one attached hydrogen (secondary N) is 1. The van der Waals surface area contributed by atoms with Crippen LogP contribution in [0.25, 0.3) is 10.8 Å². The maximum atomic E-state index is 6.12. The van der Waals surface area contributed by atoms with E-state index in [9.17, 15) is 0 Å². The van der Waals surface area contributed by atoms with E-state index in [1.165, 1.54) is 0 Å². The van der Waals surface area contributed by atoms with Crippen molar-refractivity contribution in [2.75, 3.05) is 5.32 Å². The van der Waals surface area contributed by atoms with E-state index in [1.807, 2.05) is 72.8 Å². The van der Waals surface area contributed by atoms with Crippen molar-refractivity contribution in [3.05, 3.63) is 96.7 Å². The summed E-state index contributed by atoms with van der Waals surface area (Å²) < 4.78 is 0. The van der Waals surface area contributed by atoms with Crippen LogP contribution < -0.4 is 11.1 Å². The Bertz CT molecular complexity index is 1070. The Kier molecular flexibility index (Phi) is 4.31. The van der Waals surface area contributed by atoms with Crippen molar-refractivity contribution in [2.24, 2.45) is 10.7 Å². The van der Waals surface area contributed by atoms with Crippen LogP contribution in [0.3, 0.4) is 0 Å². The third-order valence-corrected chi connectivity index (χ3v) is 4.10. The minimum Gasteiger partial charge on any atom is -0.383 e. The molecule has 0 unspecified atom stereocenters. The van der Waals surface area contributed by atoms with E-state index in [-0.39, 0.29) is 0 Å². The summed E-state index contributed by atoms with van der Waals surface area (Å²) in [5.74, 6) is 1.31. The molecule has 0 saturated heterocycles. The molecular weight excluding hydrogens is 320 g/mol. The highest BCUT2D eigenvalue weighted by Gasteiger charge is 2.03. The summed E-state index contributed by atoms with van der Waals surface area (Å²) in [5, 5.41) is 5.60. The topological polar surface area (TPSA) is 63.3 Å². The van der Waals surface area contributed by atoms with Crippen molar-refractivity contribution in [3.8, 4) is 0 Å². The standard InChI is InChI=1S/C22H18N4/c23-21(17-8-2-1-3-9-17)25-18-10-6-11-19(15-18)26-22-20-12-5-4-7-16(20)13-14-24-22/h1-15H,(H2,23,25)(H,24,26). The molecule has 1 aromatic heterocycles. The van der Waals surface area contributed by atoms with E-state index >= 15 is 0 Å². The number of fused-ring (bicyclic) bond motifs is 1. The Balaban J connectivity index is 1.64. The molecule has 4 heteroatoms. The number of rotatable bonds is 4. The maximum absolute atomic E-state index is 6.12. The van der Waals surface area contributed by atoms with Gasteiger partial charge < -0.3 is 11.1 Å². The molecule has 3 N–H and O–H groups in total. The lowest BCUT2D eigenvalue weighted by Gasteiger charge is -2.09. The lowest BCUT2D eigenvalue weighted by molar-refractivity contribution is 1.33. The molecule has 0 spiro atoms. The molecular formula is C22H18N4. The monoisotopic (exact) mass is 338 g/mol. The van der Waals surface area contributed by atoms with Gasteiger partial charge in [0.05, 0.1) is 5.69 Å². The first-order valence-corrected chi connectivity index (χ1v) is 8.40. The van der Waals surface area contributed by atoms with Crippen LogP contribution >= 0.6 is 0 Å². The summed E-state index contributed by atoms with van der Waals surface area (Å²) in [7, 11) is 0. The number of pyridine rings is 1. The Morgan fingerprint density at radius 2 is 1.65 bits per heavy atom. The average molecular weight is 338 g/mol. The minimum absolute atomic E-state index is 0.492. The van der Waals surface area contributed by atoms with Gasteiger partial charge in [-0.05, 0) is 29.7 Å². The van der Waals surface area contributed by atoms with E-state index in [2.05, 4.69) is 27.4 Å². The third kappa shape index (κ3) is 3.39. The summed E-state index contributed by atoms with van der Waals surface area (Å²) in [6.07, 6.45) is 1.81. The van der Waals surface area contributed by atoms with Crippen LogP contribution in [0.15, 0.2) is 96.1 Å². The summed E-state index contributed by atoms with van der Waals surface area (Å²) >= 11 is 0. The number of nitrogens with two attached hydrogens (primary N) is 1. The fourth-order valence-electron chi connectivity index (χ4n) is 2.82. The van der Waals surface area contributed by atoms with Crippen LogP contribution in [0, 0.1) is 0 Å². The lowest BCUT2D eigenvalue weighted by Crippen LogP contribution is -2.12. The van der Waals surface area contributed by atoms with Crippen molar-refractivity contribution in [1.29, 1.82) is 0 Å². The number of aliphatic imine (C=N–C) groups is 1. The molecule has 26 heavy (non-hydrogen) atoms. The minimum atomic E-state index is 0.492. The predicted molar refractivity (Wildman–Crippen MR) is 108 cm³/mol. The van der Waals surface area contributed by atoms with Crippen LogP contribution in [-0.2, 0) is 0 Å². The van der Waals surface area contributed by atoms with Gasteiger partial charge in [0, 0.05) is 22.8 Å². The van der Waals surface area contributed by atoms with Crippen LogP contribution in [0.4, 0.5) is 17.2 Å². The Morgan fingerprint density at radius 1 is 0.846 bits per heavy atom. The first-order valence-electron chi connectivity index (χ1n) is 8.40. The molecule has 0 bridgehead atoms. The van der Waals surface area contributed by atoms with Gasteiger partial charge in [0.25, 0.3) is 0 Å². The third-order valence-electron chi connectivity index (χ3n) is 4.10. The maximum Gasteiger partial charge on any atom is 0.138 e. The van der Waals surface area contributed by atoms with Gasteiger partial charge in [-0.2, -0.15) is 0 Å². The number of amidine groups is 1. The van der Waals surface area contributed by atoms with Gasteiger partial charge in [-0.1, -0.05) is 60.7 Å². The Labute approximate surface area is 152 Å². The van der Waals surface area contributed by atoms with Crippen LogP contribution in [-0.4, -0.2) is 10.8 Å². The zero-order valence-corrected chi connectivity index (χ0v) is 14.1. The number of hydrogen-bond donors (Lipinski definition) is 2. The van der Waals surface area contributed by atoms with Crippen molar-refractivity contribution in [1.82, 2.24) is 4.98 Å². The number of anilines is 2. The van der Waals surface area contributed by atoms with Gasteiger partial charge in [0.2, 0.25) is 0 Å². The zero-order valence-electron chi connectivity index (χ0n) is 14.1. The van der Waals surface area contributed by atoms with Crippen molar-refractivity contribution in [3.63, 3.8) is 0 Å². The zero-order chi connectivity index (χ0) is 17.8. The average Bonchev–Trinajstić information content (AvgIpc) is 2.69. The van der Waals surface area contributed by atoms with Gasteiger partial charge >= 0.3 is 0 Å². The molecule has 0 aliphatic rings. The van der Waals surface area contributed by atoms with E-state index in [1.54, 1.807) is 6.20 Å². The summed E-state index contributed by atoms with van der Waals surface area (Å²) in [5.41, 5.74) is 8.73. The van der Waals surface area contributed by atoms with Gasteiger partial charge in [0.15, 0.2) is 0 Å². The quantitative estimate of drug-likeness (QED) is 0.406. The predicted octanol–water partition coefficient (Wildman–Crippen LogP) is 5.02. The second-order valence-electron chi connectivity index (χ2n) is 5.92. The molecule has 0 saturated carbocycles. The largest absolute Gasteiger partial charge is 0.383 e. The summed E-state index contributed by atoms with van der Waals surface area (Å²) in [6.45, 7) is 0. The molecule has 4 rings (SSSR count). The van der Waals surface area contributed by atoms with Gasteiger partial charge in [0.1, 0.15) is 11.7 Å². The van der Waals surface area contributed by atoms with Gasteiger partial charge in [-0.3, -0.25) is 0 Å². The normalized spacial score (nSPS) is 11.5. The van der Waals surface area contributed by atoms with E-state index < -0.39 is 0 Å². The van der Waals surface area contributed by atoms with Crippen molar-refractivity contribution >= 4 is 33.8 Å². The van der Waals surface area contributed by atoms with Crippen molar-refractivity contribution in [2.45, 2.75) is 0 Å². The molecule has 0 amide bonds. The fraction of sp³-hybridized carbons (Fsp3) is 0. The van der Waals surface area contributed by atoms with E-state index in [4.69, 9.17) is 5.73 Å². The van der Waals surface area contributed by atoms with Crippen LogP contribution in [0.1, 0.15) is 5.56 Å². The first-order chi connectivity index (χ1) is 12.8. The summed E-state index contributed by atoms with van der Waals surface area (Å²) in [4.78, 5) is 9.00. The molecule has 0 fully saturated rings. The molecule has 0 aliphatic heterocycles. The van der Waals surface area contributed by atoms with Crippen LogP contribution in [0.2, 0.25) is 0 Å². The molecule has 1 heterocycles. The molecule has 4 nitrogen and oxygen atoms in total. The fourth-order valence-corrected chi connectivity index (χ4v) is 2.82. The Hall–Kier alpha value is -3.66. The Morgan fingerprint density at radius 3 is 2.54 bits per heavy atom. The smallest absolute Gasteiger partial charge is 0.138 e. The number of aromatic nitrogens is 1. The second kappa shape index (κ2) is 7.07. The number of nitrogens with zero attached hydrogens (tertiary/aromatic N) is 2. The highest BCUT2D eigenvalue weighted by Crippen LogP contribution is 2.26. The second-order valence-corrected chi connectivity index (χ2v) is 5.92. The molecule has 0 aliphatic carbocycles. The van der Waals surface area contributed by atoms with Gasteiger partial charge in [-0.15, -0.1) is 0 Å².